The molecule has 6 nitrogen and oxygen atoms in total. The highest BCUT2D eigenvalue weighted by Crippen LogP contribution is 2.20. The molecule has 0 aliphatic rings. The number of sulfonamides is 1. The number of aromatic nitrogens is 1. The van der Waals surface area contributed by atoms with Gasteiger partial charge in [0.2, 0.25) is 10.0 Å². The van der Waals surface area contributed by atoms with Gasteiger partial charge in [0.25, 0.3) is 0 Å². The van der Waals surface area contributed by atoms with Crippen LogP contribution in [0.15, 0.2) is 21.6 Å². The highest BCUT2D eigenvalue weighted by Gasteiger charge is 2.21. The third kappa shape index (κ3) is 4.30. The number of rotatable bonds is 5. The summed E-state index contributed by atoms with van der Waals surface area (Å²) in [5, 5.41) is 0. The molecule has 1 heterocycles. The van der Waals surface area contributed by atoms with Crippen LogP contribution in [0, 0.1) is 0 Å². The summed E-state index contributed by atoms with van der Waals surface area (Å²) >= 11 is 3.14. The molecule has 1 aromatic heterocycles. The normalized spacial score (nSPS) is 15.3. The van der Waals surface area contributed by atoms with E-state index in [1.807, 2.05) is 0 Å². The second-order valence-corrected chi connectivity index (χ2v) is 7.88. The molecule has 1 rings (SSSR count). The third-order valence-electron chi connectivity index (χ3n) is 1.98. The first-order valence-corrected chi connectivity index (χ1v) is 8.96. The quantitative estimate of drug-likeness (QED) is 0.799. The van der Waals surface area contributed by atoms with Crippen LogP contribution in [0.2, 0.25) is 0 Å². The molecule has 2 atom stereocenters. The number of halogens is 1. The molecule has 0 saturated heterocycles. The fourth-order valence-corrected chi connectivity index (χ4v) is 4.09. The van der Waals surface area contributed by atoms with Crippen molar-refractivity contribution < 1.29 is 12.6 Å². The first-order valence-electron chi connectivity index (χ1n) is 4.95. The standard InChI is InChI=1S/C9H14BrN3O3S2/c1-6(5-17(2)14)13-18(15,16)8-3-7(10)4-12-9(8)11/h3-4,6,13H,5H2,1-2H3,(H2,11,12). The Hall–Kier alpha value is -0.510. The highest BCUT2D eigenvalue weighted by atomic mass is 79.9. The van der Waals surface area contributed by atoms with Gasteiger partial charge in [-0.15, -0.1) is 0 Å². The Labute approximate surface area is 117 Å². The van der Waals surface area contributed by atoms with Crippen molar-refractivity contribution in [3.05, 3.63) is 16.7 Å². The second-order valence-electron chi connectivity index (χ2n) is 3.80. The van der Waals surface area contributed by atoms with Crippen LogP contribution in [0.3, 0.4) is 0 Å². The number of pyridine rings is 1. The summed E-state index contributed by atoms with van der Waals surface area (Å²) in [6.07, 6.45) is 2.93. The molecule has 102 valence electrons. The summed E-state index contributed by atoms with van der Waals surface area (Å²) in [6.45, 7) is 1.64. The average Bonchev–Trinajstić information content (AvgIpc) is 2.19. The number of anilines is 1. The van der Waals surface area contributed by atoms with Gasteiger partial charge in [0.05, 0.1) is 0 Å². The van der Waals surface area contributed by atoms with E-state index < -0.39 is 26.9 Å². The van der Waals surface area contributed by atoms with Gasteiger partial charge in [-0.3, -0.25) is 4.21 Å². The Bertz CT molecular complexity index is 562. The fraction of sp³-hybridized carbons (Fsp3) is 0.444. The van der Waals surface area contributed by atoms with E-state index in [0.717, 1.165) is 0 Å². The number of nitrogens with two attached hydrogens (primary N) is 1. The lowest BCUT2D eigenvalue weighted by Crippen LogP contribution is -2.36. The molecule has 0 aliphatic heterocycles. The first kappa shape index (κ1) is 15.5. The van der Waals surface area contributed by atoms with Crippen molar-refractivity contribution in [1.82, 2.24) is 9.71 Å². The Morgan fingerprint density at radius 3 is 2.78 bits per heavy atom. The zero-order valence-electron chi connectivity index (χ0n) is 9.88. The lowest BCUT2D eigenvalue weighted by molar-refractivity contribution is 0.570. The summed E-state index contributed by atoms with van der Waals surface area (Å²) in [5.74, 6) is 0.163. The maximum absolute atomic E-state index is 12.0. The van der Waals surface area contributed by atoms with E-state index in [0.29, 0.717) is 4.47 Å². The number of nitrogens with zero attached hydrogens (tertiary/aromatic N) is 1. The minimum atomic E-state index is -3.76. The largest absolute Gasteiger partial charge is 0.383 e. The predicted molar refractivity (Wildman–Crippen MR) is 75.1 cm³/mol. The van der Waals surface area contributed by atoms with Gasteiger partial charge in [-0.25, -0.2) is 18.1 Å². The molecule has 0 amide bonds. The number of nitrogens with one attached hydrogen (secondary N) is 1. The molecule has 18 heavy (non-hydrogen) atoms. The van der Waals surface area contributed by atoms with Gasteiger partial charge in [-0.05, 0) is 28.9 Å². The van der Waals surface area contributed by atoms with Crippen molar-refractivity contribution in [1.29, 1.82) is 0 Å². The monoisotopic (exact) mass is 355 g/mol. The van der Waals surface area contributed by atoms with Gasteiger partial charge < -0.3 is 5.73 Å². The van der Waals surface area contributed by atoms with Crippen molar-refractivity contribution in [3.8, 4) is 0 Å². The maximum atomic E-state index is 12.0. The van der Waals surface area contributed by atoms with E-state index in [1.165, 1.54) is 18.5 Å². The predicted octanol–water partition coefficient (Wildman–Crippen LogP) is 0.472. The SMILES string of the molecule is CC(CS(C)=O)NS(=O)(=O)c1cc(Br)cnc1N. The van der Waals surface area contributed by atoms with Gasteiger partial charge in [-0.2, -0.15) is 0 Å². The van der Waals surface area contributed by atoms with Crippen LogP contribution in [-0.2, 0) is 20.8 Å². The lowest BCUT2D eigenvalue weighted by atomic mass is 10.4. The molecule has 0 fully saturated rings. The van der Waals surface area contributed by atoms with Crippen LogP contribution < -0.4 is 10.5 Å². The zero-order valence-corrected chi connectivity index (χ0v) is 13.1. The van der Waals surface area contributed by atoms with Crippen molar-refractivity contribution >= 4 is 42.6 Å². The minimum absolute atomic E-state index is 0.0736. The Morgan fingerprint density at radius 1 is 1.61 bits per heavy atom. The van der Waals surface area contributed by atoms with Crippen molar-refractivity contribution in [2.45, 2.75) is 17.9 Å². The van der Waals surface area contributed by atoms with Gasteiger partial charge in [-0.1, -0.05) is 0 Å². The van der Waals surface area contributed by atoms with Gasteiger partial charge >= 0.3 is 0 Å². The highest BCUT2D eigenvalue weighted by molar-refractivity contribution is 9.10. The fourth-order valence-electron chi connectivity index (χ4n) is 1.36. The maximum Gasteiger partial charge on any atom is 0.244 e. The van der Waals surface area contributed by atoms with Gasteiger partial charge in [0.1, 0.15) is 10.7 Å². The Kier molecular flexibility index (Phi) is 5.26. The van der Waals surface area contributed by atoms with Crippen LogP contribution in [-0.4, -0.2) is 35.7 Å². The molecule has 0 radical (unpaired) electrons. The molecular formula is C9H14BrN3O3S2. The van der Waals surface area contributed by atoms with Gasteiger partial charge in [0, 0.05) is 39.5 Å². The molecule has 1 aromatic rings. The summed E-state index contributed by atoms with van der Waals surface area (Å²) < 4.78 is 38.0. The molecule has 2 unspecified atom stereocenters. The van der Waals surface area contributed by atoms with E-state index >= 15 is 0 Å². The van der Waals surface area contributed by atoms with E-state index in [1.54, 1.807) is 6.92 Å². The summed E-state index contributed by atoms with van der Waals surface area (Å²) in [4.78, 5) is 3.67. The summed E-state index contributed by atoms with van der Waals surface area (Å²) in [6, 6.07) is 0.930. The van der Waals surface area contributed by atoms with E-state index in [9.17, 15) is 12.6 Å². The van der Waals surface area contributed by atoms with E-state index in [2.05, 4.69) is 25.6 Å². The van der Waals surface area contributed by atoms with E-state index in [-0.39, 0.29) is 16.5 Å². The number of hydrogen-bond acceptors (Lipinski definition) is 5. The Balaban J connectivity index is 2.99. The van der Waals surface area contributed by atoms with Crippen LogP contribution in [0.25, 0.3) is 0 Å². The smallest absolute Gasteiger partial charge is 0.244 e. The summed E-state index contributed by atoms with van der Waals surface area (Å²) in [5.41, 5.74) is 5.54. The van der Waals surface area contributed by atoms with Crippen molar-refractivity contribution in [3.63, 3.8) is 0 Å². The van der Waals surface area contributed by atoms with Crippen molar-refractivity contribution in [2.24, 2.45) is 0 Å². The van der Waals surface area contributed by atoms with E-state index in [4.69, 9.17) is 5.73 Å². The molecule has 0 bridgehead atoms. The lowest BCUT2D eigenvalue weighted by Gasteiger charge is -2.13. The van der Waals surface area contributed by atoms with Crippen LogP contribution in [0.1, 0.15) is 6.92 Å². The van der Waals surface area contributed by atoms with Crippen molar-refractivity contribution in [2.75, 3.05) is 17.7 Å². The zero-order chi connectivity index (χ0) is 13.9. The molecular weight excluding hydrogens is 342 g/mol. The molecule has 3 N–H and O–H groups in total. The van der Waals surface area contributed by atoms with Crippen LogP contribution >= 0.6 is 15.9 Å². The minimum Gasteiger partial charge on any atom is -0.383 e. The summed E-state index contributed by atoms with van der Waals surface area (Å²) in [7, 11) is -4.84. The number of hydrogen-bond donors (Lipinski definition) is 2. The molecule has 0 spiro atoms. The second kappa shape index (κ2) is 6.09. The topological polar surface area (TPSA) is 102 Å². The van der Waals surface area contributed by atoms with Crippen LogP contribution in [0.4, 0.5) is 5.82 Å². The molecule has 9 heteroatoms. The first-order chi connectivity index (χ1) is 8.22. The average molecular weight is 356 g/mol. The van der Waals surface area contributed by atoms with Crippen LogP contribution in [0.5, 0.6) is 0 Å². The van der Waals surface area contributed by atoms with Gasteiger partial charge in [0.15, 0.2) is 0 Å². The third-order valence-corrected chi connectivity index (χ3v) is 5.00. The molecule has 0 aliphatic carbocycles. The number of nitrogen functional groups attached to an aromatic ring is 1. The molecule has 0 aromatic carbocycles. The molecule has 0 saturated carbocycles. The Morgan fingerprint density at radius 2 is 2.22 bits per heavy atom.